The Kier molecular flexibility index (Phi) is 4.55. The molecular weight excluding hydrogens is 264 g/mol. The summed E-state index contributed by atoms with van der Waals surface area (Å²) in [6.45, 7) is 6.16. The van der Waals surface area contributed by atoms with Crippen molar-refractivity contribution in [1.29, 1.82) is 0 Å². The van der Waals surface area contributed by atoms with E-state index in [1.54, 1.807) is 11.0 Å². The lowest BCUT2D eigenvalue weighted by Gasteiger charge is -2.04. The largest absolute Gasteiger partial charge is 0.313 e. The Balaban J connectivity index is 2.23. The third-order valence-corrected chi connectivity index (χ3v) is 3.36. The van der Waals surface area contributed by atoms with Crippen molar-refractivity contribution in [3.05, 3.63) is 28.6 Å². The van der Waals surface area contributed by atoms with Gasteiger partial charge in [-0.2, -0.15) is 10.2 Å². The molecule has 0 amide bonds. The van der Waals surface area contributed by atoms with Crippen molar-refractivity contribution in [2.45, 2.75) is 39.9 Å². The second-order valence-corrected chi connectivity index (χ2v) is 4.64. The van der Waals surface area contributed by atoms with Gasteiger partial charge in [0, 0.05) is 6.54 Å². The topological polar surface area (TPSA) is 60.6 Å². The van der Waals surface area contributed by atoms with Gasteiger partial charge in [0.25, 0.3) is 0 Å². The third kappa shape index (κ3) is 2.96. The van der Waals surface area contributed by atoms with Crippen LogP contribution in [0.2, 0.25) is 5.02 Å². The summed E-state index contributed by atoms with van der Waals surface area (Å²) in [6.07, 6.45) is 2.56. The van der Waals surface area contributed by atoms with Crippen molar-refractivity contribution in [2.75, 3.05) is 7.05 Å². The van der Waals surface area contributed by atoms with E-state index < -0.39 is 0 Å². The SMILES string of the molecule is CCc1nn(CC)c(Cn2cnc(CNC)n2)c1Cl. The van der Waals surface area contributed by atoms with E-state index in [0.717, 1.165) is 35.2 Å². The number of nitrogens with zero attached hydrogens (tertiary/aromatic N) is 5. The highest BCUT2D eigenvalue weighted by molar-refractivity contribution is 6.31. The molecule has 2 heterocycles. The van der Waals surface area contributed by atoms with Gasteiger partial charge in [0.05, 0.1) is 29.5 Å². The second-order valence-electron chi connectivity index (χ2n) is 4.27. The molecular formula is C12H19ClN6. The molecule has 0 saturated heterocycles. The van der Waals surface area contributed by atoms with Crippen LogP contribution in [-0.4, -0.2) is 31.6 Å². The van der Waals surface area contributed by atoms with Crippen LogP contribution in [0.1, 0.15) is 31.1 Å². The molecule has 7 heteroatoms. The molecule has 0 aliphatic heterocycles. The van der Waals surface area contributed by atoms with Gasteiger partial charge in [-0.1, -0.05) is 18.5 Å². The average molecular weight is 283 g/mol. The predicted molar refractivity (Wildman–Crippen MR) is 74.2 cm³/mol. The van der Waals surface area contributed by atoms with Crippen LogP contribution in [-0.2, 0) is 26.1 Å². The Morgan fingerprint density at radius 3 is 2.74 bits per heavy atom. The molecule has 19 heavy (non-hydrogen) atoms. The first-order valence-corrected chi connectivity index (χ1v) is 6.84. The van der Waals surface area contributed by atoms with Crippen LogP contribution in [0.3, 0.4) is 0 Å². The highest BCUT2D eigenvalue weighted by atomic mass is 35.5. The van der Waals surface area contributed by atoms with Crippen molar-refractivity contribution in [3.8, 4) is 0 Å². The van der Waals surface area contributed by atoms with Crippen LogP contribution >= 0.6 is 11.6 Å². The van der Waals surface area contributed by atoms with Gasteiger partial charge in [-0.15, -0.1) is 0 Å². The predicted octanol–water partition coefficient (Wildman–Crippen LogP) is 1.48. The number of hydrogen-bond donors (Lipinski definition) is 1. The van der Waals surface area contributed by atoms with Gasteiger partial charge in [-0.25, -0.2) is 9.67 Å². The van der Waals surface area contributed by atoms with Crippen molar-refractivity contribution >= 4 is 11.6 Å². The smallest absolute Gasteiger partial charge is 0.164 e. The van der Waals surface area contributed by atoms with Gasteiger partial charge in [-0.3, -0.25) is 4.68 Å². The fourth-order valence-corrected chi connectivity index (χ4v) is 2.30. The summed E-state index contributed by atoms with van der Waals surface area (Å²) in [5.74, 6) is 0.775. The molecule has 0 fully saturated rings. The monoisotopic (exact) mass is 282 g/mol. The molecule has 0 atom stereocenters. The maximum absolute atomic E-state index is 6.37. The summed E-state index contributed by atoms with van der Waals surface area (Å²) in [7, 11) is 1.87. The lowest BCUT2D eigenvalue weighted by atomic mass is 10.3. The van der Waals surface area contributed by atoms with E-state index in [4.69, 9.17) is 11.6 Å². The van der Waals surface area contributed by atoms with E-state index in [1.165, 1.54) is 0 Å². The van der Waals surface area contributed by atoms with Gasteiger partial charge in [0.2, 0.25) is 0 Å². The minimum absolute atomic E-state index is 0.594. The van der Waals surface area contributed by atoms with Gasteiger partial charge < -0.3 is 5.32 Å². The first kappa shape index (κ1) is 14.0. The highest BCUT2D eigenvalue weighted by Gasteiger charge is 2.15. The number of nitrogens with one attached hydrogen (secondary N) is 1. The van der Waals surface area contributed by atoms with E-state index in [1.807, 2.05) is 11.7 Å². The van der Waals surface area contributed by atoms with Crippen LogP contribution in [0, 0.1) is 0 Å². The van der Waals surface area contributed by atoms with Crippen molar-refractivity contribution in [3.63, 3.8) is 0 Å². The molecule has 104 valence electrons. The Bertz CT molecular complexity index is 544. The molecule has 0 aliphatic carbocycles. The lowest BCUT2D eigenvalue weighted by molar-refractivity contribution is 0.569. The number of hydrogen-bond acceptors (Lipinski definition) is 4. The molecule has 0 unspecified atom stereocenters. The van der Waals surface area contributed by atoms with Crippen molar-refractivity contribution in [1.82, 2.24) is 29.9 Å². The molecule has 2 rings (SSSR count). The molecule has 2 aromatic rings. The molecule has 6 nitrogen and oxygen atoms in total. The molecule has 0 radical (unpaired) electrons. The zero-order chi connectivity index (χ0) is 13.8. The summed E-state index contributed by atoms with van der Waals surface area (Å²) in [5, 5.41) is 12.7. The maximum atomic E-state index is 6.37. The summed E-state index contributed by atoms with van der Waals surface area (Å²) in [6, 6.07) is 0. The minimum Gasteiger partial charge on any atom is -0.313 e. The fourth-order valence-electron chi connectivity index (χ4n) is 1.97. The van der Waals surface area contributed by atoms with Crippen LogP contribution < -0.4 is 5.32 Å². The summed E-state index contributed by atoms with van der Waals surface area (Å²) in [4.78, 5) is 4.23. The molecule has 0 aliphatic rings. The Hall–Kier alpha value is -1.40. The van der Waals surface area contributed by atoms with Gasteiger partial charge in [0.15, 0.2) is 5.82 Å². The molecule has 0 saturated carbocycles. The van der Waals surface area contributed by atoms with Crippen molar-refractivity contribution < 1.29 is 0 Å². The third-order valence-electron chi connectivity index (χ3n) is 2.92. The maximum Gasteiger partial charge on any atom is 0.164 e. The number of aryl methyl sites for hydroxylation is 2. The van der Waals surface area contributed by atoms with E-state index in [9.17, 15) is 0 Å². The summed E-state index contributed by atoms with van der Waals surface area (Å²) < 4.78 is 3.72. The normalized spacial score (nSPS) is 11.2. The van der Waals surface area contributed by atoms with Gasteiger partial charge in [0.1, 0.15) is 6.33 Å². The van der Waals surface area contributed by atoms with E-state index in [2.05, 4.69) is 34.3 Å². The quantitative estimate of drug-likeness (QED) is 0.872. The van der Waals surface area contributed by atoms with Crippen LogP contribution in [0.4, 0.5) is 0 Å². The van der Waals surface area contributed by atoms with Crippen LogP contribution in [0.15, 0.2) is 6.33 Å². The Morgan fingerprint density at radius 1 is 1.32 bits per heavy atom. The average Bonchev–Trinajstić information content (AvgIpc) is 2.97. The fraction of sp³-hybridized carbons (Fsp3) is 0.583. The van der Waals surface area contributed by atoms with Gasteiger partial charge in [-0.05, 0) is 20.4 Å². The molecule has 2 aromatic heterocycles. The summed E-state index contributed by atoms with van der Waals surface area (Å²) in [5.41, 5.74) is 1.93. The minimum atomic E-state index is 0.594. The van der Waals surface area contributed by atoms with E-state index in [-0.39, 0.29) is 0 Å². The lowest BCUT2D eigenvalue weighted by Crippen LogP contribution is -2.10. The molecule has 0 spiro atoms. The Morgan fingerprint density at radius 2 is 2.11 bits per heavy atom. The summed E-state index contributed by atoms with van der Waals surface area (Å²) >= 11 is 6.37. The first-order valence-electron chi connectivity index (χ1n) is 6.46. The number of halogens is 1. The zero-order valence-corrected chi connectivity index (χ0v) is 12.3. The Labute approximate surface area is 117 Å². The molecule has 0 aromatic carbocycles. The van der Waals surface area contributed by atoms with Crippen LogP contribution in [0.5, 0.6) is 0 Å². The first-order chi connectivity index (χ1) is 9.19. The van der Waals surface area contributed by atoms with Gasteiger partial charge >= 0.3 is 0 Å². The van der Waals surface area contributed by atoms with Crippen LogP contribution in [0.25, 0.3) is 0 Å². The number of aromatic nitrogens is 5. The zero-order valence-electron chi connectivity index (χ0n) is 11.5. The molecule has 1 N–H and O–H groups in total. The van der Waals surface area contributed by atoms with E-state index >= 15 is 0 Å². The van der Waals surface area contributed by atoms with Crippen molar-refractivity contribution in [2.24, 2.45) is 0 Å². The second kappa shape index (κ2) is 6.16. The van der Waals surface area contributed by atoms with E-state index in [0.29, 0.717) is 13.1 Å². The molecule has 0 bridgehead atoms. The highest BCUT2D eigenvalue weighted by Crippen LogP contribution is 2.22. The standard InChI is InChI=1S/C12H19ClN6/c1-4-9-12(13)10(19(5-2)16-9)7-18-8-15-11(17-18)6-14-3/h8,14H,4-7H2,1-3H3. The number of rotatable bonds is 6.